The molecule has 0 radical (unpaired) electrons. The molecule has 0 aliphatic rings. The van der Waals surface area contributed by atoms with Crippen molar-refractivity contribution in [3.63, 3.8) is 0 Å². The Morgan fingerprint density at radius 1 is 0.828 bits per heavy atom. The van der Waals surface area contributed by atoms with E-state index in [0.717, 1.165) is 13.1 Å². The van der Waals surface area contributed by atoms with Gasteiger partial charge in [0.2, 0.25) is 6.33 Å². The molecule has 0 aliphatic heterocycles. The molecule has 1 aromatic heterocycles. The maximum absolute atomic E-state index is 9.04. The summed E-state index contributed by atoms with van der Waals surface area (Å²) in [5, 5.41) is 9.04. The molecule has 144 valence electrons. The monoisotopic (exact) mass is 380 g/mol. The molecule has 4 aromatic rings. The topological polar surface area (TPSA) is 32.6 Å². The largest absolute Gasteiger partial charge is 0.245 e. The third-order valence-electron chi connectivity index (χ3n) is 5.56. The maximum atomic E-state index is 9.04. The summed E-state index contributed by atoms with van der Waals surface area (Å²) in [5.74, 6) is 0. The molecule has 3 nitrogen and oxygen atoms in total. The van der Waals surface area contributed by atoms with Gasteiger partial charge in [0.05, 0.1) is 11.6 Å². The van der Waals surface area contributed by atoms with Gasteiger partial charge in [-0.3, -0.25) is 0 Å². The van der Waals surface area contributed by atoms with Crippen LogP contribution >= 0.6 is 0 Å². The van der Waals surface area contributed by atoms with E-state index in [1.54, 1.807) is 0 Å². The number of rotatable bonds is 4. The van der Waals surface area contributed by atoms with Crippen molar-refractivity contribution < 1.29 is 4.57 Å². The van der Waals surface area contributed by atoms with Gasteiger partial charge < -0.3 is 0 Å². The molecular weight excluding hydrogens is 354 g/mol. The van der Waals surface area contributed by atoms with Crippen LogP contribution < -0.4 is 4.57 Å². The molecule has 0 saturated heterocycles. The van der Waals surface area contributed by atoms with Crippen molar-refractivity contribution in [3.05, 3.63) is 99.9 Å². The zero-order valence-corrected chi connectivity index (χ0v) is 17.5. The quantitative estimate of drug-likeness (QED) is 0.452. The normalized spacial score (nSPS) is 11.0. The molecule has 0 atom stereocenters. The summed E-state index contributed by atoms with van der Waals surface area (Å²) in [5.41, 5.74) is 10.9. The van der Waals surface area contributed by atoms with Crippen LogP contribution in [0.5, 0.6) is 0 Å². The van der Waals surface area contributed by atoms with Gasteiger partial charge in [-0.05, 0) is 74.2 Å². The molecule has 3 aromatic carbocycles. The molecule has 0 saturated carbocycles. The third kappa shape index (κ3) is 3.93. The number of nitriles is 1. The number of hydrogen-bond donors (Lipinski definition) is 0. The van der Waals surface area contributed by atoms with Crippen molar-refractivity contribution in [1.82, 2.24) is 4.57 Å². The first-order valence-corrected chi connectivity index (χ1v) is 9.98. The zero-order valence-electron chi connectivity index (χ0n) is 17.5. The van der Waals surface area contributed by atoms with Crippen LogP contribution in [0.15, 0.2) is 60.9 Å². The van der Waals surface area contributed by atoms with Crippen LogP contribution in [0.3, 0.4) is 0 Å². The summed E-state index contributed by atoms with van der Waals surface area (Å²) < 4.78 is 4.66. The first-order chi connectivity index (χ1) is 13.9. The van der Waals surface area contributed by atoms with Crippen LogP contribution in [0.25, 0.3) is 11.0 Å². The molecule has 0 unspecified atom stereocenters. The van der Waals surface area contributed by atoms with Gasteiger partial charge in [-0.2, -0.15) is 5.26 Å². The van der Waals surface area contributed by atoms with Crippen molar-refractivity contribution in [1.29, 1.82) is 5.26 Å². The van der Waals surface area contributed by atoms with E-state index in [9.17, 15) is 0 Å². The SMILES string of the molecule is Cc1cc(C)cc(C[n+]2cn(Cc3ccc(C#N)cc3)c3cc(C)c(C)cc32)c1. The summed E-state index contributed by atoms with van der Waals surface area (Å²) >= 11 is 0. The molecule has 0 aliphatic carbocycles. The number of aromatic nitrogens is 2. The van der Waals surface area contributed by atoms with Gasteiger partial charge in [0.1, 0.15) is 13.1 Å². The van der Waals surface area contributed by atoms with Crippen molar-refractivity contribution in [3.8, 4) is 6.07 Å². The summed E-state index contributed by atoms with van der Waals surface area (Å²) in [6.45, 7) is 10.3. The summed E-state index contributed by atoms with van der Waals surface area (Å²) in [6.07, 6.45) is 2.22. The Hall–Kier alpha value is -3.38. The van der Waals surface area contributed by atoms with E-state index in [1.807, 2.05) is 24.3 Å². The molecule has 3 heteroatoms. The van der Waals surface area contributed by atoms with Crippen LogP contribution in [0.1, 0.15) is 38.9 Å². The Labute approximate surface area is 172 Å². The highest BCUT2D eigenvalue weighted by Gasteiger charge is 2.18. The zero-order chi connectivity index (χ0) is 20.5. The van der Waals surface area contributed by atoms with Gasteiger partial charge in [-0.25, -0.2) is 9.13 Å². The number of hydrogen-bond acceptors (Lipinski definition) is 1. The minimum absolute atomic E-state index is 0.697. The van der Waals surface area contributed by atoms with E-state index in [2.05, 4.69) is 79.6 Å². The van der Waals surface area contributed by atoms with E-state index < -0.39 is 0 Å². The first kappa shape index (κ1) is 19.0. The fourth-order valence-corrected chi connectivity index (χ4v) is 4.03. The second-order valence-corrected chi connectivity index (χ2v) is 8.10. The Balaban J connectivity index is 1.78. The molecular formula is C26H26N3+. The molecule has 0 bridgehead atoms. The van der Waals surface area contributed by atoms with Crippen LogP contribution in [-0.2, 0) is 13.1 Å². The van der Waals surface area contributed by atoms with Crippen molar-refractivity contribution in [2.45, 2.75) is 40.8 Å². The average Bonchev–Trinajstić information content (AvgIpc) is 2.98. The molecule has 0 fully saturated rings. The predicted octanol–water partition coefficient (Wildman–Crippen LogP) is 5.13. The summed E-state index contributed by atoms with van der Waals surface area (Å²) in [4.78, 5) is 0. The standard InChI is InChI=1S/C26H26N3/c1-18-9-19(2)11-24(10-18)16-29-17-28(15-23-7-5-22(14-27)6-8-23)25-12-20(3)21(4)13-26(25)29/h5-13,17H,15-16H2,1-4H3/q+1. The van der Waals surface area contributed by atoms with Gasteiger partial charge in [-0.15, -0.1) is 0 Å². The maximum Gasteiger partial charge on any atom is 0.245 e. The highest BCUT2D eigenvalue weighted by atomic mass is 15.1. The van der Waals surface area contributed by atoms with E-state index in [0.29, 0.717) is 5.56 Å². The number of imidazole rings is 1. The Kier molecular flexibility index (Phi) is 4.94. The minimum atomic E-state index is 0.697. The molecule has 4 rings (SSSR count). The van der Waals surface area contributed by atoms with Crippen LogP contribution in [0, 0.1) is 39.0 Å². The van der Waals surface area contributed by atoms with Gasteiger partial charge >= 0.3 is 0 Å². The van der Waals surface area contributed by atoms with Crippen LogP contribution in [0.2, 0.25) is 0 Å². The van der Waals surface area contributed by atoms with Gasteiger partial charge in [-0.1, -0.05) is 41.5 Å². The molecule has 29 heavy (non-hydrogen) atoms. The van der Waals surface area contributed by atoms with E-state index in [4.69, 9.17) is 5.26 Å². The van der Waals surface area contributed by atoms with E-state index >= 15 is 0 Å². The number of benzene rings is 3. The summed E-state index contributed by atoms with van der Waals surface area (Å²) in [7, 11) is 0. The van der Waals surface area contributed by atoms with E-state index in [-0.39, 0.29) is 0 Å². The third-order valence-corrected chi connectivity index (χ3v) is 5.56. The van der Waals surface area contributed by atoms with Crippen molar-refractivity contribution >= 4 is 11.0 Å². The lowest BCUT2D eigenvalue weighted by Crippen LogP contribution is -2.33. The number of fused-ring (bicyclic) bond motifs is 1. The second-order valence-electron chi connectivity index (χ2n) is 8.10. The lowest BCUT2D eigenvalue weighted by molar-refractivity contribution is -0.663. The Bertz CT molecular complexity index is 1220. The van der Waals surface area contributed by atoms with Gasteiger partial charge in [0, 0.05) is 0 Å². The van der Waals surface area contributed by atoms with Crippen LogP contribution in [-0.4, -0.2) is 4.57 Å². The van der Waals surface area contributed by atoms with Crippen molar-refractivity contribution in [2.75, 3.05) is 0 Å². The lowest BCUT2D eigenvalue weighted by Gasteiger charge is -2.04. The van der Waals surface area contributed by atoms with Gasteiger partial charge in [0.25, 0.3) is 0 Å². The first-order valence-electron chi connectivity index (χ1n) is 9.98. The fourth-order valence-electron chi connectivity index (χ4n) is 4.03. The lowest BCUT2D eigenvalue weighted by atomic mass is 10.1. The Morgan fingerprint density at radius 3 is 2.14 bits per heavy atom. The summed E-state index contributed by atoms with van der Waals surface area (Å²) in [6, 6.07) is 21.4. The Morgan fingerprint density at radius 2 is 1.48 bits per heavy atom. The highest BCUT2D eigenvalue weighted by Crippen LogP contribution is 2.20. The minimum Gasteiger partial charge on any atom is -0.226 e. The highest BCUT2D eigenvalue weighted by molar-refractivity contribution is 5.74. The second kappa shape index (κ2) is 7.56. The molecule has 1 heterocycles. The van der Waals surface area contributed by atoms with E-state index in [1.165, 1.54) is 44.4 Å². The predicted molar refractivity (Wildman–Crippen MR) is 117 cm³/mol. The van der Waals surface area contributed by atoms with Gasteiger partial charge in [0.15, 0.2) is 11.0 Å². The molecule has 0 amide bonds. The smallest absolute Gasteiger partial charge is 0.226 e. The average molecular weight is 381 g/mol. The van der Waals surface area contributed by atoms with Crippen LogP contribution in [0.4, 0.5) is 0 Å². The number of nitrogens with zero attached hydrogens (tertiary/aromatic N) is 3. The fraction of sp³-hybridized carbons (Fsp3) is 0.231. The molecule has 0 spiro atoms. The van der Waals surface area contributed by atoms with Crippen molar-refractivity contribution in [2.24, 2.45) is 0 Å². The number of aryl methyl sites for hydroxylation is 4. The molecule has 0 N–H and O–H groups in total.